The Morgan fingerprint density at radius 2 is 2.10 bits per heavy atom. The Balaban J connectivity index is 2.77. The van der Waals surface area contributed by atoms with Crippen LogP contribution >= 0.6 is 11.3 Å². The van der Waals surface area contributed by atoms with Crippen LogP contribution in [0.1, 0.15) is 50.0 Å². The van der Waals surface area contributed by atoms with Gasteiger partial charge in [-0.05, 0) is 30.2 Å². The Hall–Kier alpha value is -0.430. The summed E-state index contributed by atoms with van der Waals surface area (Å²) in [6, 6.07) is 0. The number of hydrogen-bond donors (Lipinski definition) is 2. The molecule has 0 aliphatic rings. The van der Waals surface area contributed by atoms with E-state index in [4.69, 9.17) is 0 Å². The van der Waals surface area contributed by atoms with Crippen molar-refractivity contribution >= 4 is 21.4 Å². The molecule has 0 aromatic carbocycles. The summed E-state index contributed by atoms with van der Waals surface area (Å²) in [5, 5.41) is 11.0. The van der Waals surface area contributed by atoms with E-state index in [0.717, 1.165) is 25.7 Å². The van der Waals surface area contributed by atoms with Crippen LogP contribution in [0.5, 0.6) is 0 Å². The van der Waals surface area contributed by atoms with Gasteiger partial charge in [-0.2, -0.15) is 0 Å². The van der Waals surface area contributed by atoms with E-state index >= 15 is 0 Å². The van der Waals surface area contributed by atoms with E-state index in [1.54, 1.807) is 12.3 Å². The second-order valence-corrected chi connectivity index (χ2v) is 7.77. The van der Waals surface area contributed by atoms with E-state index in [2.05, 4.69) is 18.6 Å². The molecular formula is C14H25NO3S2. The van der Waals surface area contributed by atoms with Crippen molar-refractivity contribution in [2.24, 2.45) is 5.92 Å². The van der Waals surface area contributed by atoms with Crippen LogP contribution in [-0.2, 0) is 16.6 Å². The number of aryl methyl sites for hydroxylation is 1. The van der Waals surface area contributed by atoms with Crippen LogP contribution in [0.15, 0.2) is 10.3 Å². The first-order chi connectivity index (χ1) is 9.46. The van der Waals surface area contributed by atoms with Crippen molar-refractivity contribution in [3.05, 3.63) is 15.8 Å². The first-order valence-electron chi connectivity index (χ1n) is 7.13. The van der Waals surface area contributed by atoms with E-state index < -0.39 is 10.0 Å². The highest BCUT2D eigenvalue weighted by Crippen LogP contribution is 2.27. The quantitative estimate of drug-likeness (QED) is 0.735. The lowest BCUT2D eigenvalue weighted by Crippen LogP contribution is -2.30. The normalized spacial score (nSPS) is 13.6. The van der Waals surface area contributed by atoms with Crippen molar-refractivity contribution in [3.8, 4) is 0 Å². The molecule has 0 aliphatic carbocycles. The predicted molar refractivity (Wildman–Crippen MR) is 83.5 cm³/mol. The summed E-state index contributed by atoms with van der Waals surface area (Å²) in [5.41, 5.74) is 0.702. The Morgan fingerprint density at radius 3 is 2.65 bits per heavy atom. The molecule has 0 bridgehead atoms. The van der Waals surface area contributed by atoms with Gasteiger partial charge >= 0.3 is 0 Å². The molecule has 116 valence electrons. The van der Waals surface area contributed by atoms with Gasteiger partial charge in [-0.15, -0.1) is 11.3 Å². The maximum atomic E-state index is 12.4. The van der Waals surface area contributed by atoms with Crippen molar-refractivity contribution in [1.82, 2.24) is 4.72 Å². The van der Waals surface area contributed by atoms with E-state index in [1.807, 2.05) is 0 Å². The molecule has 1 heterocycles. The summed E-state index contributed by atoms with van der Waals surface area (Å²) in [7, 11) is -3.52. The van der Waals surface area contributed by atoms with Crippen LogP contribution in [0, 0.1) is 12.8 Å². The SMILES string of the molecule is CCCCC(CC)CNS(=O)(=O)c1c(C)csc1CO. The zero-order chi connectivity index (χ0) is 15.2. The number of nitrogens with one attached hydrogen (secondary N) is 1. The molecule has 4 nitrogen and oxygen atoms in total. The van der Waals surface area contributed by atoms with Crippen molar-refractivity contribution in [1.29, 1.82) is 0 Å². The van der Waals surface area contributed by atoms with Crippen molar-refractivity contribution in [2.45, 2.75) is 58.0 Å². The Labute approximate surface area is 126 Å². The lowest BCUT2D eigenvalue weighted by atomic mass is 10.00. The van der Waals surface area contributed by atoms with Gasteiger partial charge in [-0.3, -0.25) is 0 Å². The fourth-order valence-corrected chi connectivity index (χ4v) is 4.97. The molecule has 0 radical (unpaired) electrons. The number of unbranched alkanes of at least 4 members (excludes halogenated alkanes) is 1. The standard InChI is InChI=1S/C14H25NO3S2/c1-4-6-7-12(5-2)8-15-20(17,18)14-11(3)10-19-13(14)9-16/h10,12,15-16H,4-9H2,1-3H3. The van der Waals surface area contributed by atoms with Crippen molar-refractivity contribution in [3.63, 3.8) is 0 Å². The minimum absolute atomic E-state index is 0.234. The average molecular weight is 319 g/mol. The third kappa shape index (κ3) is 4.55. The summed E-state index contributed by atoms with van der Waals surface area (Å²) in [4.78, 5) is 0.770. The third-order valence-electron chi connectivity index (χ3n) is 3.51. The monoisotopic (exact) mass is 319 g/mol. The third-order valence-corrected chi connectivity index (χ3v) is 6.38. The lowest BCUT2D eigenvalue weighted by molar-refractivity contribution is 0.282. The molecule has 0 saturated heterocycles. The fraction of sp³-hybridized carbons (Fsp3) is 0.714. The number of aliphatic hydroxyl groups is 1. The number of aliphatic hydroxyl groups excluding tert-OH is 1. The van der Waals surface area contributed by atoms with Crippen LogP contribution in [0.2, 0.25) is 0 Å². The van der Waals surface area contributed by atoms with E-state index in [1.165, 1.54) is 11.3 Å². The van der Waals surface area contributed by atoms with Gasteiger partial charge in [0.1, 0.15) is 4.90 Å². The van der Waals surface area contributed by atoms with Crippen LogP contribution < -0.4 is 4.72 Å². The molecule has 0 saturated carbocycles. The molecule has 0 fully saturated rings. The van der Waals surface area contributed by atoms with Gasteiger partial charge in [-0.25, -0.2) is 13.1 Å². The smallest absolute Gasteiger partial charge is 0.242 e. The number of sulfonamides is 1. The molecule has 6 heteroatoms. The van der Waals surface area contributed by atoms with Gasteiger partial charge < -0.3 is 5.11 Å². The summed E-state index contributed by atoms with van der Waals surface area (Å²) < 4.78 is 27.4. The Bertz CT molecular complexity index is 508. The number of rotatable bonds is 9. The van der Waals surface area contributed by atoms with Crippen molar-refractivity contribution in [2.75, 3.05) is 6.54 Å². The number of hydrogen-bond acceptors (Lipinski definition) is 4. The zero-order valence-corrected chi connectivity index (χ0v) is 14.1. The molecule has 2 N–H and O–H groups in total. The van der Waals surface area contributed by atoms with Gasteiger partial charge in [0.05, 0.1) is 11.5 Å². The minimum Gasteiger partial charge on any atom is -0.391 e. The molecule has 1 atom stereocenters. The molecular weight excluding hydrogens is 294 g/mol. The molecule has 0 aliphatic heterocycles. The topological polar surface area (TPSA) is 66.4 Å². The van der Waals surface area contributed by atoms with Crippen molar-refractivity contribution < 1.29 is 13.5 Å². The number of thiophene rings is 1. The fourth-order valence-electron chi connectivity index (χ4n) is 2.20. The highest BCUT2D eigenvalue weighted by molar-refractivity contribution is 7.89. The zero-order valence-electron chi connectivity index (χ0n) is 12.5. The average Bonchev–Trinajstić information content (AvgIpc) is 2.81. The summed E-state index contributed by atoms with van der Waals surface area (Å²) >= 11 is 1.29. The van der Waals surface area contributed by atoms with Gasteiger partial charge in [0, 0.05) is 6.54 Å². The molecule has 0 amide bonds. The first-order valence-corrected chi connectivity index (χ1v) is 9.50. The lowest BCUT2D eigenvalue weighted by Gasteiger charge is -2.16. The van der Waals surface area contributed by atoms with E-state index in [9.17, 15) is 13.5 Å². The molecule has 1 unspecified atom stereocenters. The van der Waals surface area contributed by atoms with E-state index in [0.29, 0.717) is 22.9 Å². The maximum Gasteiger partial charge on any atom is 0.242 e. The predicted octanol–water partition coefficient (Wildman–Crippen LogP) is 3.04. The Morgan fingerprint density at radius 1 is 1.40 bits per heavy atom. The van der Waals surface area contributed by atoms with Crippen LogP contribution in [0.25, 0.3) is 0 Å². The largest absolute Gasteiger partial charge is 0.391 e. The molecule has 1 rings (SSSR count). The van der Waals surface area contributed by atoms with Crippen LogP contribution in [-0.4, -0.2) is 20.1 Å². The summed E-state index contributed by atoms with van der Waals surface area (Å²) in [6.45, 7) is 6.22. The molecule has 1 aromatic heterocycles. The van der Waals surface area contributed by atoms with E-state index in [-0.39, 0.29) is 11.5 Å². The molecule has 1 aromatic rings. The van der Waals surface area contributed by atoms with Crippen LogP contribution in [0.4, 0.5) is 0 Å². The first kappa shape index (κ1) is 17.6. The highest BCUT2D eigenvalue weighted by atomic mass is 32.2. The van der Waals surface area contributed by atoms with Gasteiger partial charge in [-0.1, -0.05) is 33.1 Å². The summed E-state index contributed by atoms with van der Waals surface area (Å²) in [5.74, 6) is 0.376. The highest BCUT2D eigenvalue weighted by Gasteiger charge is 2.23. The second-order valence-electron chi connectivity index (χ2n) is 5.10. The molecule has 0 spiro atoms. The van der Waals surface area contributed by atoms with Gasteiger partial charge in [0.15, 0.2) is 0 Å². The van der Waals surface area contributed by atoms with Gasteiger partial charge in [0.2, 0.25) is 10.0 Å². The maximum absolute atomic E-state index is 12.4. The summed E-state index contributed by atoms with van der Waals surface area (Å²) in [6.07, 6.45) is 4.27. The van der Waals surface area contributed by atoms with Crippen LogP contribution in [0.3, 0.4) is 0 Å². The van der Waals surface area contributed by atoms with Gasteiger partial charge in [0.25, 0.3) is 0 Å². The minimum atomic E-state index is -3.52. The Kier molecular flexibility index (Phi) is 7.15. The second kappa shape index (κ2) is 8.12. The molecule has 20 heavy (non-hydrogen) atoms.